The predicted octanol–water partition coefficient (Wildman–Crippen LogP) is 6.27. The highest BCUT2D eigenvalue weighted by molar-refractivity contribution is 5.54. The molecule has 2 fully saturated rings. The number of pyridine rings is 2. The molecule has 1 N–H and O–H groups in total. The summed E-state index contributed by atoms with van der Waals surface area (Å²) in [5.74, 6) is 0.128. The second-order valence-corrected chi connectivity index (χ2v) is 10.9. The van der Waals surface area contributed by atoms with E-state index >= 15 is 0 Å². The number of fused-ring (bicyclic) bond motifs is 4. The highest BCUT2D eigenvalue weighted by Gasteiger charge is 2.55. The summed E-state index contributed by atoms with van der Waals surface area (Å²) in [6.07, 6.45) is 3.45. The van der Waals surface area contributed by atoms with Gasteiger partial charge >= 0.3 is 6.18 Å². The van der Waals surface area contributed by atoms with Gasteiger partial charge in [-0.3, -0.25) is 9.97 Å². The predicted molar refractivity (Wildman–Crippen MR) is 116 cm³/mol. The van der Waals surface area contributed by atoms with Crippen LogP contribution in [0, 0.1) is 5.41 Å². The number of aliphatic hydroxyl groups is 1. The Labute approximate surface area is 191 Å². The second-order valence-electron chi connectivity index (χ2n) is 10.9. The van der Waals surface area contributed by atoms with Crippen LogP contribution in [-0.2, 0) is 22.9 Å². The smallest absolute Gasteiger partial charge is 0.388 e. The van der Waals surface area contributed by atoms with Crippen molar-refractivity contribution in [3.05, 3.63) is 57.7 Å². The van der Waals surface area contributed by atoms with Gasteiger partial charge in [0.1, 0.15) is 11.8 Å². The monoisotopic (exact) mass is 458 g/mol. The van der Waals surface area contributed by atoms with Crippen molar-refractivity contribution in [3.63, 3.8) is 0 Å². The zero-order valence-electron chi connectivity index (χ0n) is 19.0. The summed E-state index contributed by atoms with van der Waals surface area (Å²) in [7, 11) is 0. The van der Waals surface area contributed by atoms with Crippen molar-refractivity contribution in [1.29, 1.82) is 0 Å². The largest absolute Gasteiger partial charge is 0.433 e. The Kier molecular flexibility index (Phi) is 4.58. The Morgan fingerprint density at radius 3 is 2.39 bits per heavy atom. The SMILES string of the molecule is CC(C)c1nc2c(c3c1C(c1ccc(C(F)(F)F)nc1)OC31CCCC1)C(O)CC1(CC1)C2. The summed E-state index contributed by atoms with van der Waals surface area (Å²) in [6, 6.07) is 2.52. The van der Waals surface area contributed by atoms with E-state index in [0.717, 1.165) is 85.5 Å². The van der Waals surface area contributed by atoms with Gasteiger partial charge in [-0.05, 0) is 61.5 Å². The number of rotatable bonds is 2. The van der Waals surface area contributed by atoms with Crippen molar-refractivity contribution >= 4 is 0 Å². The summed E-state index contributed by atoms with van der Waals surface area (Å²) in [6.45, 7) is 4.20. The maximum Gasteiger partial charge on any atom is 0.433 e. The molecule has 1 aliphatic heterocycles. The molecular formula is C26H29F3N2O2. The third-order valence-corrected chi connectivity index (χ3v) is 8.24. The van der Waals surface area contributed by atoms with Crippen molar-refractivity contribution in [2.45, 2.75) is 95.1 Å². The van der Waals surface area contributed by atoms with Gasteiger partial charge < -0.3 is 9.84 Å². The highest BCUT2D eigenvalue weighted by Crippen LogP contribution is 2.63. The molecular weight excluding hydrogens is 429 g/mol. The maximum absolute atomic E-state index is 13.1. The van der Waals surface area contributed by atoms with Crippen LogP contribution >= 0.6 is 0 Å². The molecule has 4 nitrogen and oxygen atoms in total. The lowest BCUT2D eigenvalue weighted by molar-refractivity contribution is -0.141. The Morgan fingerprint density at radius 1 is 1.09 bits per heavy atom. The summed E-state index contributed by atoms with van der Waals surface area (Å²) < 4.78 is 46.1. The van der Waals surface area contributed by atoms with Crippen LogP contribution in [0.2, 0.25) is 0 Å². The fourth-order valence-corrected chi connectivity index (χ4v) is 6.49. The molecule has 0 bridgehead atoms. The maximum atomic E-state index is 13.1. The molecule has 2 atom stereocenters. The topological polar surface area (TPSA) is 55.2 Å². The average molecular weight is 459 g/mol. The van der Waals surface area contributed by atoms with E-state index in [1.807, 2.05) is 0 Å². The zero-order valence-corrected chi connectivity index (χ0v) is 19.0. The van der Waals surface area contributed by atoms with E-state index in [-0.39, 0.29) is 11.3 Å². The van der Waals surface area contributed by atoms with Crippen LogP contribution < -0.4 is 0 Å². The van der Waals surface area contributed by atoms with Crippen LogP contribution in [0.4, 0.5) is 13.2 Å². The van der Waals surface area contributed by atoms with Crippen molar-refractivity contribution in [1.82, 2.24) is 9.97 Å². The fraction of sp³-hybridized carbons (Fsp3) is 0.615. The van der Waals surface area contributed by atoms with Crippen molar-refractivity contribution in [2.75, 3.05) is 0 Å². The minimum atomic E-state index is -4.48. The van der Waals surface area contributed by atoms with Gasteiger partial charge in [-0.1, -0.05) is 32.8 Å². The number of hydrogen-bond acceptors (Lipinski definition) is 4. The van der Waals surface area contributed by atoms with Gasteiger partial charge in [0, 0.05) is 34.3 Å². The summed E-state index contributed by atoms with van der Waals surface area (Å²) in [4.78, 5) is 8.83. The van der Waals surface area contributed by atoms with Gasteiger partial charge in [0.25, 0.3) is 0 Å². The molecule has 0 radical (unpaired) electrons. The molecule has 0 amide bonds. The third-order valence-electron chi connectivity index (χ3n) is 8.24. The molecule has 176 valence electrons. The van der Waals surface area contributed by atoms with E-state index < -0.39 is 29.7 Å². The van der Waals surface area contributed by atoms with E-state index in [1.54, 1.807) is 0 Å². The standard InChI is InChI=1S/C26H29F3N2O2/c1-14(2)22-20-21(19-16(31-22)11-24(9-10-24)12-17(19)32)25(7-3-4-8-25)33-23(20)15-5-6-18(30-13-15)26(27,28)29/h5-6,13-14,17,23,32H,3-4,7-12H2,1-2H3. The fourth-order valence-electron chi connectivity index (χ4n) is 6.49. The minimum absolute atomic E-state index is 0.128. The molecule has 6 rings (SSSR count). The van der Waals surface area contributed by atoms with Crippen LogP contribution in [0.15, 0.2) is 18.3 Å². The number of aromatic nitrogens is 2. The van der Waals surface area contributed by atoms with Gasteiger partial charge in [-0.2, -0.15) is 13.2 Å². The highest BCUT2D eigenvalue weighted by atomic mass is 19.4. The lowest BCUT2D eigenvalue weighted by atomic mass is 9.74. The Bertz CT molecular complexity index is 1100. The quantitative estimate of drug-likeness (QED) is 0.577. The first-order valence-corrected chi connectivity index (χ1v) is 12.1. The van der Waals surface area contributed by atoms with Crippen molar-refractivity contribution in [2.24, 2.45) is 5.41 Å². The van der Waals surface area contributed by atoms with Crippen molar-refractivity contribution in [3.8, 4) is 0 Å². The summed E-state index contributed by atoms with van der Waals surface area (Å²) in [5, 5.41) is 11.3. The minimum Gasteiger partial charge on any atom is -0.388 e. The molecule has 33 heavy (non-hydrogen) atoms. The number of nitrogens with zero attached hydrogens (tertiary/aromatic N) is 2. The Balaban J connectivity index is 1.55. The molecule has 7 heteroatoms. The number of halogens is 3. The Hall–Kier alpha value is -1.99. The number of ether oxygens (including phenoxy) is 1. The molecule has 3 heterocycles. The number of aliphatic hydroxyl groups excluding tert-OH is 1. The third kappa shape index (κ3) is 3.26. The Morgan fingerprint density at radius 2 is 1.82 bits per heavy atom. The van der Waals surface area contributed by atoms with Crippen LogP contribution in [0.25, 0.3) is 0 Å². The van der Waals surface area contributed by atoms with Crippen LogP contribution in [0.5, 0.6) is 0 Å². The van der Waals surface area contributed by atoms with E-state index in [1.165, 1.54) is 12.3 Å². The molecule has 2 unspecified atom stereocenters. The first-order chi connectivity index (χ1) is 15.6. The summed E-state index contributed by atoms with van der Waals surface area (Å²) >= 11 is 0. The number of alkyl halides is 3. The molecule has 0 saturated heterocycles. The first-order valence-electron chi connectivity index (χ1n) is 12.1. The van der Waals surface area contributed by atoms with Crippen LogP contribution in [0.3, 0.4) is 0 Å². The van der Waals surface area contributed by atoms with E-state index in [2.05, 4.69) is 18.8 Å². The molecule has 2 aromatic rings. The van der Waals surface area contributed by atoms with Gasteiger partial charge in [0.15, 0.2) is 0 Å². The lowest BCUT2D eigenvalue weighted by Gasteiger charge is -2.34. The molecule has 0 aromatic carbocycles. The van der Waals surface area contributed by atoms with Crippen molar-refractivity contribution < 1.29 is 23.0 Å². The van der Waals surface area contributed by atoms with E-state index in [0.29, 0.717) is 5.56 Å². The molecule has 3 aliphatic carbocycles. The lowest BCUT2D eigenvalue weighted by Crippen LogP contribution is -2.29. The van der Waals surface area contributed by atoms with E-state index in [9.17, 15) is 18.3 Å². The van der Waals surface area contributed by atoms with E-state index in [4.69, 9.17) is 9.72 Å². The van der Waals surface area contributed by atoms with Crippen LogP contribution in [-0.4, -0.2) is 15.1 Å². The zero-order chi connectivity index (χ0) is 23.2. The van der Waals surface area contributed by atoms with Crippen LogP contribution in [0.1, 0.15) is 116 Å². The van der Waals surface area contributed by atoms with Gasteiger partial charge in [0.2, 0.25) is 0 Å². The molecule has 2 spiro atoms. The summed E-state index contributed by atoms with van der Waals surface area (Å²) in [5.41, 5.74) is 4.33. The van der Waals surface area contributed by atoms with Gasteiger partial charge in [-0.25, -0.2) is 0 Å². The molecule has 2 saturated carbocycles. The molecule has 4 aliphatic rings. The van der Waals surface area contributed by atoms with Gasteiger partial charge in [-0.15, -0.1) is 0 Å². The molecule has 2 aromatic heterocycles. The first kappa shape index (κ1) is 21.5. The normalized spacial score (nSPS) is 26.8. The van der Waals surface area contributed by atoms with Gasteiger partial charge in [0.05, 0.1) is 11.7 Å². The number of hydrogen-bond donors (Lipinski definition) is 1. The second kappa shape index (κ2) is 7.01. The average Bonchev–Trinajstić information content (AvgIpc) is 3.19.